The topological polar surface area (TPSA) is 122 Å². The highest BCUT2D eigenvalue weighted by atomic mass is 16.6. The van der Waals surface area contributed by atoms with E-state index in [9.17, 15) is 9.59 Å². The molecule has 2 aliphatic heterocycles. The summed E-state index contributed by atoms with van der Waals surface area (Å²) in [7, 11) is 0. The lowest BCUT2D eigenvalue weighted by atomic mass is 10.1. The summed E-state index contributed by atoms with van der Waals surface area (Å²) in [5, 5.41) is 15.6. The molecule has 0 aromatic heterocycles. The first-order valence-corrected chi connectivity index (χ1v) is 7.94. The molecule has 1 aromatic carbocycles. The van der Waals surface area contributed by atoms with Gasteiger partial charge in [0.05, 0.1) is 5.69 Å². The van der Waals surface area contributed by atoms with Crippen LogP contribution in [0.3, 0.4) is 0 Å². The van der Waals surface area contributed by atoms with Gasteiger partial charge in [0.15, 0.2) is 11.5 Å². The summed E-state index contributed by atoms with van der Waals surface area (Å²) in [5.74, 6) is -0.738. The molecule has 0 saturated heterocycles. The Morgan fingerprint density at radius 3 is 2.48 bits per heavy atom. The molecule has 8 heteroatoms. The molecule has 136 valence electrons. The van der Waals surface area contributed by atoms with Crippen molar-refractivity contribution in [1.82, 2.24) is 0 Å². The van der Waals surface area contributed by atoms with E-state index in [0.29, 0.717) is 25.4 Å². The zero-order valence-corrected chi connectivity index (χ0v) is 14.0. The van der Waals surface area contributed by atoms with Gasteiger partial charge in [0.25, 0.3) is 0 Å². The van der Waals surface area contributed by atoms with Gasteiger partial charge in [-0.1, -0.05) is 6.07 Å². The second-order valence-corrected chi connectivity index (χ2v) is 5.78. The van der Waals surface area contributed by atoms with Crippen LogP contribution in [-0.4, -0.2) is 54.5 Å². The van der Waals surface area contributed by atoms with Gasteiger partial charge < -0.3 is 30.3 Å². The number of carboxylic acid groups (broad SMARTS) is 2. The summed E-state index contributed by atoms with van der Waals surface area (Å²) in [6, 6.07) is 4.33. The zero-order chi connectivity index (χ0) is 18.4. The van der Waals surface area contributed by atoms with Crippen molar-refractivity contribution in [2.45, 2.75) is 19.4 Å². The number of fused-ring (bicyclic) bond motifs is 3. The van der Waals surface area contributed by atoms with E-state index in [-0.39, 0.29) is 6.04 Å². The van der Waals surface area contributed by atoms with Crippen LogP contribution in [0.5, 0.6) is 11.5 Å². The van der Waals surface area contributed by atoms with Crippen LogP contribution in [0.15, 0.2) is 24.3 Å². The first-order chi connectivity index (χ1) is 11.9. The van der Waals surface area contributed by atoms with Gasteiger partial charge >= 0.3 is 11.9 Å². The Hall–Kier alpha value is -2.74. The highest BCUT2D eigenvalue weighted by Crippen LogP contribution is 2.45. The number of rotatable bonds is 4. The molecular formula is C17H22N2O6. The minimum Gasteiger partial charge on any atom is -0.486 e. The fourth-order valence-corrected chi connectivity index (χ4v) is 2.73. The van der Waals surface area contributed by atoms with Crippen LogP contribution < -0.4 is 20.1 Å². The summed E-state index contributed by atoms with van der Waals surface area (Å²) in [6.45, 7) is 5.20. The van der Waals surface area contributed by atoms with Crippen molar-refractivity contribution < 1.29 is 29.3 Å². The van der Waals surface area contributed by atoms with Crippen molar-refractivity contribution in [3.63, 3.8) is 0 Å². The highest BCUT2D eigenvalue weighted by Gasteiger charge is 2.28. The third-order valence-corrected chi connectivity index (χ3v) is 3.61. The maximum Gasteiger partial charge on any atom is 0.328 e. The molecule has 0 bridgehead atoms. The van der Waals surface area contributed by atoms with Gasteiger partial charge in [-0.25, -0.2) is 9.59 Å². The van der Waals surface area contributed by atoms with Crippen molar-refractivity contribution in [2.75, 3.05) is 31.2 Å². The van der Waals surface area contributed by atoms with E-state index in [1.165, 1.54) is 11.3 Å². The number of benzene rings is 1. The Morgan fingerprint density at radius 1 is 1.24 bits per heavy atom. The van der Waals surface area contributed by atoms with E-state index >= 15 is 0 Å². The Bertz CT molecular complexity index is 655. The fourth-order valence-electron chi connectivity index (χ4n) is 2.73. The number of nitrogens with zero attached hydrogens (tertiary/aromatic N) is 1. The summed E-state index contributed by atoms with van der Waals surface area (Å²) in [4.78, 5) is 21.4. The second kappa shape index (κ2) is 8.39. The largest absolute Gasteiger partial charge is 0.486 e. The summed E-state index contributed by atoms with van der Waals surface area (Å²) in [5.41, 5.74) is 8.43. The molecule has 8 nitrogen and oxygen atoms in total. The normalized spacial score (nSPS) is 16.0. The highest BCUT2D eigenvalue weighted by molar-refractivity contribution is 5.89. The predicted octanol–water partition coefficient (Wildman–Crippen LogP) is 0.879. The average molecular weight is 350 g/mol. The molecule has 2 aliphatic rings. The van der Waals surface area contributed by atoms with E-state index < -0.39 is 11.9 Å². The van der Waals surface area contributed by atoms with Crippen LogP contribution in [-0.2, 0) is 16.0 Å². The first-order valence-electron chi connectivity index (χ1n) is 7.94. The molecule has 2 heterocycles. The van der Waals surface area contributed by atoms with E-state index in [0.717, 1.165) is 31.0 Å². The third kappa shape index (κ3) is 5.12. The number of anilines is 1. The maximum absolute atomic E-state index is 9.55. The summed E-state index contributed by atoms with van der Waals surface area (Å²) < 4.78 is 11.4. The molecular weight excluding hydrogens is 328 g/mol. The number of aliphatic carboxylic acids is 2. The molecule has 0 radical (unpaired) electrons. The van der Waals surface area contributed by atoms with Gasteiger partial charge in [-0.15, -0.1) is 0 Å². The number of hydrogen-bond acceptors (Lipinski definition) is 6. The molecule has 0 amide bonds. The van der Waals surface area contributed by atoms with Crippen LogP contribution >= 0.6 is 0 Å². The third-order valence-electron chi connectivity index (χ3n) is 3.61. The molecule has 25 heavy (non-hydrogen) atoms. The van der Waals surface area contributed by atoms with E-state index in [1.807, 2.05) is 13.0 Å². The molecule has 0 unspecified atom stereocenters. The molecule has 0 saturated carbocycles. The van der Waals surface area contributed by atoms with Gasteiger partial charge in [-0.05, 0) is 25.0 Å². The predicted molar refractivity (Wildman–Crippen MR) is 91.4 cm³/mol. The molecule has 4 N–H and O–H groups in total. The molecule has 3 rings (SSSR count). The number of carbonyl (C=O) groups is 2. The van der Waals surface area contributed by atoms with Crippen LogP contribution in [0.1, 0.15) is 12.5 Å². The van der Waals surface area contributed by atoms with Crippen molar-refractivity contribution in [3.8, 4) is 11.5 Å². The fraction of sp³-hybridized carbons (Fsp3) is 0.412. The van der Waals surface area contributed by atoms with Crippen LogP contribution in [0, 0.1) is 0 Å². The Kier molecular flexibility index (Phi) is 6.24. The van der Waals surface area contributed by atoms with Crippen molar-refractivity contribution in [2.24, 2.45) is 5.73 Å². The zero-order valence-electron chi connectivity index (χ0n) is 14.0. The standard InChI is InChI=1S/C13H18N2O2.C4H4O4/c1-9(14)8-15-5-4-10-2-3-11-13(12(10)15)17-7-6-16-11;5-3(6)1-2-4(7)8/h2-3,9H,4-8,14H2,1H3;1-2H,(H,5,6)(H,7,8)/t9-;/m0./s1. The van der Waals surface area contributed by atoms with Gasteiger partial charge in [0, 0.05) is 31.3 Å². The molecule has 1 atom stereocenters. The van der Waals surface area contributed by atoms with Gasteiger partial charge in [0.2, 0.25) is 0 Å². The van der Waals surface area contributed by atoms with Crippen molar-refractivity contribution in [3.05, 3.63) is 29.8 Å². The average Bonchev–Trinajstić information content (AvgIpc) is 2.96. The number of nitrogens with two attached hydrogens (primary N) is 1. The smallest absolute Gasteiger partial charge is 0.328 e. The van der Waals surface area contributed by atoms with Crippen LogP contribution in [0.2, 0.25) is 0 Å². The van der Waals surface area contributed by atoms with Gasteiger partial charge in [0.1, 0.15) is 13.2 Å². The molecule has 0 spiro atoms. The van der Waals surface area contributed by atoms with Gasteiger partial charge in [-0.2, -0.15) is 0 Å². The summed E-state index contributed by atoms with van der Waals surface area (Å²) in [6.07, 6.45) is 2.18. The van der Waals surface area contributed by atoms with E-state index in [1.54, 1.807) is 0 Å². The molecule has 1 aromatic rings. The lowest BCUT2D eigenvalue weighted by molar-refractivity contribution is -0.134. The minimum atomic E-state index is -1.26. The second-order valence-electron chi connectivity index (χ2n) is 5.78. The SMILES string of the molecule is C[C@H](N)CN1CCc2ccc3c(c21)OCCO3.O=C(O)C=CC(=O)O. The Labute approximate surface area is 145 Å². The van der Waals surface area contributed by atoms with Crippen molar-refractivity contribution in [1.29, 1.82) is 0 Å². The number of hydrogen-bond donors (Lipinski definition) is 3. The Balaban J connectivity index is 0.000000242. The van der Waals surface area contributed by atoms with Gasteiger partial charge in [-0.3, -0.25) is 0 Å². The lowest BCUT2D eigenvalue weighted by Gasteiger charge is -2.27. The maximum atomic E-state index is 9.55. The Morgan fingerprint density at radius 2 is 1.88 bits per heavy atom. The van der Waals surface area contributed by atoms with Crippen LogP contribution in [0.4, 0.5) is 5.69 Å². The summed E-state index contributed by atoms with van der Waals surface area (Å²) >= 11 is 0. The molecule has 0 fully saturated rings. The lowest BCUT2D eigenvalue weighted by Crippen LogP contribution is -2.34. The number of ether oxygens (including phenoxy) is 2. The van der Waals surface area contributed by atoms with Crippen LogP contribution in [0.25, 0.3) is 0 Å². The van der Waals surface area contributed by atoms with E-state index in [4.69, 9.17) is 25.4 Å². The monoisotopic (exact) mass is 350 g/mol. The van der Waals surface area contributed by atoms with E-state index in [2.05, 4.69) is 11.0 Å². The molecule has 0 aliphatic carbocycles. The number of carboxylic acids is 2. The quantitative estimate of drug-likeness (QED) is 0.684. The minimum absolute atomic E-state index is 0.168. The first kappa shape index (κ1) is 18.6. The van der Waals surface area contributed by atoms with Crippen molar-refractivity contribution >= 4 is 17.6 Å².